The van der Waals surface area contributed by atoms with E-state index in [2.05, 4.69) is 5.32 Å². The van der Waals surface area contributed by atoms with Crippen molar-refractivity contribution in [3.05, 3.63) is 35.6 Å². The summed E-state index contributed by atoms with van der Waals surface area (Å²) in [5.74, 6) is -0.821. The summed E-state index contributed by atoms with van der Waals surface area (Å²) < 4.78 is 16.5. The number of hydrogen-bond acceptors (Lipinski definition) is 5. The molecule has 0 radical (unpaired) electrons. The number of amides is 1. The first-order valence-corrected chi connectivity index (χ1v) is 9.19. The molecule has 1 aromatic heterocycles. The second-order valence-electron chi connectivity index (χ2n) is 6.58. The van der Waals surface area contributed by atoms with E-state index in [0.717, 1.165) is 31.1 Å². The van der Waals surface area contributed by atoms with Crippen LogP contribution in [0.1, 0.15) is 55.6 Å². The van der Waals surface area contributed by atoms with Crippen molar-refractivity contribution in [3.8, 4) is 0 Å². The van der Waals surface area contributed by atoms with Crippen LogP contribution in [-0.2, 0) is 20.9 Å². The van der Waals surface area contributed by atoms with Crippen molar-refractivity contribution in [2.24, 2.45) is 0 Å². The highest BCUT2D eigenvalue weighted by molar-refractivity contribution is 5.97. The van der Waals surface area contributed by atoms with E-state index in [1.54, 1.807) is 13.0 Å². The second kappa shape index (κ2) is 8.36. The van der Waals surface area contributed by atoms with Gasteiger partial charge in [-0.05, 0) is 32.8 Å². The molecule has 1 aliphatic carbocycles. The Balaban J connectivity index is 1.72. The predicted octanol–water partition coefficient (Wildman–Crippen LogP) is 3.57. The highest BCUT2D eigenvalue weighted by Crippen LogP contribution is 2.27. The molecule has 0 spiro atoms. The molecule has 1 N–H and O–H groups in total. The van der Waals surface area contributed by atoms with E-state index in [-0.39, 0.29) is 24.3 Å². The molecule has 1 aliphatic rings. The molecule has 6 nitrogen and oxygen atoms in total. The molecule has 3 rings (SSSR count). The molecule has 0 unspecified atom stereocenters. The second-order valence-corrected chi connectivity index (χ2v) is 6.58. The first-order chi connectivity index (χ1) is 12.6. The fraction of sp³-hybridized carbons (Fsp3) is 0.500. The topological polar surface area (TPSA) is 77.8 Å². The third kappa shape index (κ3) is 4.07. The normalized spacial score (nSPS) is 15.9. The summed E-state index contributed by atoms with van der Waals surface area (Å²) in [4.78, 5) is 24.9. The standard InChI is InChI=1S/C20H25NO5/c1-3-24-12-16-15-10-6-7-11-17(15)26-18(16)20(23)25-13(2)19(22)21-14-8-4-5-9-14/h6-7,10-11,13-14H,3-5,8-9,12H2,1-2H3,(H,21,22)/t13-/m1/s1. The van der Waals surface area contributed by atoms with E-state index >= 15 is 0 Å². The van der Waals surface area contributed by atoms with Crippen molar-refractivity contribution in [1.29, 1.82) is 0 Å². The van der Waals surface area contributed by atoms with Crippen molar-refractivity contribution < 1.29 is 23.5 Å². The molecule has 1 aromatic carbocycles. The number of hydrogen-bond donors (Lipinski definition) is 1. The average Bonchev–Trinajstić information content (AvgIpc) is 3.27. The van der Waals surface area contributed by atoms with Gasteiger partial charge < -0.3 is 19.2 Å². The van der Waals surface area contributed by atoms with Gasteiger partial charge in [-0.2, -0.15) is 0 Å². The van der Waals surface area contributed by atoms with E-state index in [9.17, 15) is 9.59 Å². The number of benzene rings is 1. The fourth-order valence-electron chi connectivity index (χ4n) is 3.27. The number of carbonyl (C=O) groups is 2. The smallest absolute Gasteiger partial charge is 0.375 e. The zero-order chi connectivity index (χ0) is 18.5. The number of fused-ring (bicyclic) bond motifs is 1. The fourth-order valence-corrected chi connectivity index (χ4v) is 3.27. The lowest BCUT2D eigenvalue weighted by molar-refractivity contribution is -0.129. The number of nitrogens with one attached hydrogen (secondary N) is 1. The maximum absolute atomic E-state index is 12.6. The lowest BCUT2D eigenvalue weighted by Gasteiger charge is -2.16. The molecule has 1 amide bonds. The number of carbonyl (C=O) groups excluding carboxylic acids is 2. The minimum absolute atomic E-state index is 0.0974. The van der Waals surface area contributed by atoms with Gasteiger partial charge in [-0.15, -0.1) is 0 Å². The summed E-state index contributed by atoms with van der Waals surface area (Å²) >= 11 is 0. The van der Waals surface area contributed by atoms with Gasteiger partial charge in [0, 0.05) is 23.6 Å². The van der Waals surface area contributed by atoms with Crippen LogP contribution in [0.3, 0.4) is 0 Å². The van der Waals surface area contributed by atoms with Crippen molar-refractivity contribution in [2.75, 3.05) is 6.61 Å². The Morgan fingerprint density at radius 3 is 2.73 bits per heavy atom. The molecular formula is C20H25NO5. The van der Waals surface area contributed by atoms with Crippen LogP contribution < -0.4 is 5.32 Å². The maximum atomic E-state index is 12.6. The van der Waals surface area contributed by atoms with E-state index in [1.807, 2.05) is 25.1 Å². The van der Waals surface area contributed by atoms with Crippen LogP contribution in [0.4, 0.5) is 0 Å². The third-order valence-electron chi connectivity index (χ3n) is 4.69. The Morgan fingerprint density at radius 2 is 2.00 bits per heavy atom. The SMILES string of the molecule is CCOCc1c(C(=O)O[C@H](C)C(=O)NC2CCCC2)oc2ccccc12. The first kappa shape index (κ1) is 18.5. The number of para-hydroxylation sites is 1. The highest BCUT2D eigenvalue weighted by atomic mass is 16.6. The summed E-state index contributed by atoms with van der Waals surface area (Å²) in [6, 6.07) is 7.56. The third-order valence-corrected chi connectivity index (χ3v) is 4.69. The number of esters is 1. The molecule has 0 saturated heterocycles. The summed E-state index contributed by atoms with van der Waals surface area (Å²) in [7, 11) is 0. The van der Waals surface area contributed by atoms with Gasteiger partial charge in [-0.25, -0.2) is 4.79 Å². The van der Waals surface area contributed by atoms with E-state index < -0.39 is 12.1 Å². The van der Waals surface area contributed by atoms with Gasteiger partial charge in [0.25, 0.3) is 5.91 Å². The largest absolute Gasteiger partial charge is 0.449 e. The van der Waals surface area contributed by atoms with Crippen molar-refractivity contribution in [2.45, 2.75) is 58.3 Å². The van der Waals surface area contributed by atoms with E-state index in [0.29, 0.717) is 17.8 Å². The summed E-state index contributed by atoms with van der Waals surface area (Å²) in [5.41, 5.74) is 1.24. The van der Waals surface area contributed by atoms with Gasteiger partial charge in [-0.1, -0.05) is 31.0 Å². The number of rotatable bonds is 7. The first-order valence-electron chi connectivity index (χ1n) is 9.19. The van der Waals surface area contributed by atoms with Gasteiger partial charge >= 0.3 is 5.97 Å². The predicted molar refractivity (Wildman–Crippen MR) is 96.8 cm³/mol. The molecule has 140 valence electrons. The quantitative estimate of drug-likeness (QED) is 0.765. The monoisotopic (exact) mass is 359 g/mol. The Morgan fingerprint density at radius 1 is 1.27 bits per heavy atom. The zero-order valence-electron chi connectivity index (χ0n) is 15.2. The maximum Gasteiger partial charge on any atom is 0.375 e. The van der Waals surface area contributed by atoms with Crippen LogP contribution in [0.25, 0.3) is 11.0 Å². The van der Waals surface area contributed by atoms with Crippen molar-refractivity contribution in [1.82, 2.24) is 5.32 Å². The molecule has 1 fully saturated rings. The van der Waals surface area contributed by atoms with E-state index in [4.69, 9.17) is 13.9 Å². The summed E-state index contributed by atoms with van der Waals surface area (Å²) in [6.07, 6.45) is 3.33. The van der Waals surface area contributed by atoms with Crippen LogP contribution in [-0.4, -0.2) is 30.6 Å². The molecule has 0 aliphatic heterocycles. The Hall–Kier alpha value is -2.34. The molecular weight excluding hydrogens is 334 g/mol. The lowest BCUT2D eigenvalue weighted by atomic mass is 10.1. The highest BCUT2D eigenvalue weighted by Gasteiger charge is 2.27. The van der Waals surface area contributed by atoms with Crippen molar-refractivity contribution in [3.63, 3.8) is 0 Å². The summed E-state index contributed by atoms with van der Waals surface area (Å²) in [6.45, 7) is 4.23. The molecule has 1 heterocycles. The molecule has 26 heavy (non-hydrogen) atoms. The van der Waals surface area contributed by atoms with Crippen LogP contribution in [0.5, 0.6) is 0 Å². The zero-order valence-corrected chi connectivity index (χ0v) is 15.2. The Kier molecular flexibility index (Phi) is 5.93. The van der Waals surface area contributed by atoms with Gasteiger partial charge in [0.2, 0.25) is 5.76 Å². The van der Waals surface area contributed by atoms with Gasteiger partial charge in [0.1, 0.15) is 5.58 Å². The van der Waals surface area contributed by atoms with Gasteiger partial charge in [0.05, 0.1) is 6.61 Å². The Labute approximate surface area is 152 Å². The van der Waals surface area contributed by atoms with Crippen LogP contribution >= 0.6 is 0 Å². The lowest BCUT2D eigenvalue weighted by Crippen LogP contribution is -2.40. The molecule has 1 saturated carbocycles. The Bertz CT molecular complexity index is 776. The molecule has 0 bridgehead atoms. The van der Waals surface area contributed by atoms with Crippen LogP contribution in [0.2, 0.25) is 0 Å². The molecule has 6 heteroatoms. The molecule has 1 atom stereocenters. The van der Waals surface area contributed by atoms with Gasteiger partial charge in [0.15, 0.2) is 6.10 Å². The van der Waals surface area contributed by atoms with E-state index in [1.165, 1.54) is 0 Å². The van der Waals surface area contributed by atoms with Gasteiger partial charge in [-0.3, -0.25) is 4.79 Å². The average molecular weight is 359 g/mol. The minimum atomic E-state index is -0.878. The van der Waals surface area contributed by atoms with Crippen molar-refractivity contribution >= 4 is 22.8 Å². The minimum Gasteiger partial charge on any atom is -0.449 e. The number of ether oxygens (including phenoxy) is 2. The summed E-state index contributed by atoms with van der Waals surface area (Å²) in [5, 5.41) is 3.76. The molecule has 2 aromatic rings. The van der Waals surface area contributed by atoms with Crippen LogP contribution in [0, 0.1) is 0 Å². The van der Waals surface area contributed by atoms with Crippen LogP contribution in [0.15, 0.2) is 28.7 Å². The number of furan rings is 1.